The largest absolute Gasteiger partial charge is 0.456 e. The summed E-state index contributed by atoms with van der Waals surface area (Å²) in [4.78, 5) is 0. The van der Waals surface area contributed by atoms with Gasteiger partial charge in [-0.2, -0.15) is 0 Å². The number of hydrogen-bond donors (Lipinski definition) is 0. The normalized spacial score (nSPS) is 11.9. The molecule has 0 aliphatic rings. The Labute approximate surface area is 327 Å². The van der Waals surface area contributed by atoms with Crippen LogP contribution < -0.4 is 0 Å². The van der Waals surface area contributed by atoms with Crippen molar-refractivity contribution in [1.82, 2.24) is 0 Å². The SMILES string of the molecule is c1ccc(-c2ccc3ccc(-c4cccc5sc6ccccc6c45)c(-c4c5ccccc5c(-c5cccc6oc7ccccc7c56)c5ccccc45)c3c2)cc1. The third-order valence-corrected chi connectivity index (χ3v) is 12.8. The second kappa shape index (κ2) is 12.3. The first-order valence-electron chi connectivity index (χ1n) is 19.2. The van der Waals surface area contributed by atoms with Crippen molar-refractivity contribution in [3.63, 3.8) is 0 Å². The second-order valence-corrected chi connectivity index (χ2v) is 15.8. The average molecular weight is 729 g/mol. The van der Waals surface area contributed by atoms with Gasteiger partial charge in [0.1, 0.15) is 11.2 Å². The van der Waals surface area contributed by atoms with Gasteiger partial charge in [0, 0.05) is 30.9 Å². The predicted octanol–water partition coefficient (Wildman–Crippen LogP) is 16.1. The molecule has 0 atom stereocenters. The zero-order valence-corrected chi connectivity index (χ0v) is 31.1. The van der Waals surface area contributed by atoms with Crippen LogP contribution in [0.15, 0.2) is 199 Å². The molecule has 2 heterocycles. The molecular formula is C54H32OS. The van der Waals surface area contributed by atoms with Crippen LogP contribution >= 0.6 is 11.3 Å². The summed E-state index contributed by atoms with van der Waals surface area (Å²) in [6, 6.07) is 71.1. The van der Waals surface area contributed by atoms with Crippen molar-refractivity contribution < 1.29 is 4.42 Å². The molecule has 0 amide bonds. The molecule has 0 saturated carbocycles. The van der Waals surface area contributed by atoms with Gasteiger partial charge in [-0.15, -0.1) is 11.3 Å². The van der Waals surface area contributed by atoms with Crippen LogP contribution in [-0.2, 0) is 0 Å². The Kier molecular flexibility index (Phi) is 6.87. The van der Waals surface area contributed by atoms with E-state index in [0.717, 1.165) is 21.9 Å². The van der Waals surface area contributed by atoms with Gasteiger partial charge in [-0.3, -0.25) is 0 Å². The fraction of sp³-hybridized carbons (Fsp3) is 0. The number of rotatable bonds is 4. The van der Waals surface area contributed by atoms with E-state index < -0.39 is 0 Å². The van der Waals surface area contributed by atoms with Crippen molar-refractivity contribution in [2.75, 3.05) is 0 Å². The zero-order valence-electron chi connectivity index (χ0n) is 30.3. The van der Waals surface area contributed by atoms with Crippen LogP contribution in [0.2, 0.25) is 0 Å². The highest BCUT2D eigenvalue weighted by molar-refractivity contribution is 7.25. The highest BCUT2D eigenvalue weighted by Crippen LogP contribution is 2.52. The van der Waals surface area contributed by atoms with Crippen LogP contribution in [0.5, 0.6) is 0 Å². The lowest BCUT2D eigenvalue weighted by atomic mass is 9.80. The molecule has 2 heteroatoms. The minimum atomic E-state index is 0.904. The highest BCUT2D eigenvalue weighted by atomic mass is 32.1. The lowest BCUT2D eigenvalue weighted by Crippen LogP contribution is -1.95. The Morgan fingerprint density at radius 2 is 0.893 bits per heavy atom. The van der Waals surface area contributed by atoms with Crippen molar-refractivity contribution >= 4 is 85.8 Å². The smallest absolute Gasteiger partial charge is 0.136 e. The molecule has 1 nitrogen and oxygen atoms in total. The van der Waals surface area contributed by atoms with Gasteiger partial charge in [0.05, 0.1) is 0 Å². The lowest BCUT2D eigenvalue weighted by molar-refractivity contribution is 0.669. The zero-order chi connectivity index (χ0) is 36.7. The van der Waals surface area contributed by atoms with E-state index in [1.807, 2.05) is 17.4 Å². The number of hydrogen-bond acceptors (Lipinski definition) is 2. The van der Waals surface area contributed by atoms with E-state index in [1.165, 1.54) is 97.0 Å². The minimum Gasteiger partial charge on any atom is -0.456 e. The van der Waals surface area contributed by atoms with Crippen LogP contribution in [-0.4, -0.2) is 0 Å². The molecule has 12 aromatic rings. The van der Waals surface area contributed by atoms with Crippen LogP contribution in [0.25, 0.3) is 119 Å². The monoisotopic (exact) mass is 728 g/mol. The average Bonchev–Trinajstić information content (AvgIpc) is 3.84. The number of para-hydroxylation sites is 1. The Morgan fingerprint density at radius 1 is 0.304 bits per heavy atom. The Morgan fingerprint density at radius 3 is 1.68 bits per heavy atom. The van der Waals surface area contributed by atoms with Crippen molar-refractivity contribution in [3.8, 4) is 44.5 Å². The van der Waals surface area contributed by atoms with Crippen LogP contribution in [0.3, 0.4) is 0 Å². The van der Waals surface area contributed by atoms with Crippen molar-refractivity contribution in [1.29, 1.82) is 0 Å². The van der Waals surface area contributed by atoms with Gasteiger partial charge in [0.2, 0.25) is 0 Å². The third-order valence-electron chi connectivity index (χ3n) is 11.7. The maximum absolute atomic E-state index is 6.45. The lowest BCUT2D eigenvalue weighted by Gasteiger charge is -2.22. The third kappa shape index (κ3) is 4.60. The number of thiophene rings is 1. The van der Waals surface area contributed by atoms with Crippen molar-refractivity contribution in [3.05, 3.63) is 194 Å². The van der Waals surface area contributed by atoms with E-state index in [0.29, 0.717) is 0 Å². The molecule has 12 rings (SSSR count). The molecule has 0 fully saturated rings. The van der Waals surface area contributed by atoms with Crippen molar-refractivity contribution in [2.24, 2.45) is 0 Å². The van der Waals surface area contributed by atoms with Gasteiger partial charge in [-0.05, 0) is 107 Å². The summed E-state index contributed by atoms with van der Waals surface area (Å²) < 4.78 is 9.07. The molecule has 0 aliphatic heterocycles. The molecule has 0 N–H and O–H groups in total. The molecule has 56 heavy (non-hydrogen) atoms. The van der Waals surface area contributed by atoms with E-state index in [9.17, 15) is 0 Å². The van der Waals surface area contributed by atoms with Gasteiger partial charge in [-0.25, -0.2) is 0 Å². The molecule has 0 spiro atoms. The summed E-state index contributed by atoms with van der Waals surface area (Å²) in [5.41, 5.74) is 11.7. The fourth-order valence-electron chi connectivity index (χ4n) is 9.29. The van der Waals surface area contributed by atoms with Crippen molar-refractivity contribution in [2.45, 2.75) is 0 Å². The van der Waals surface area contributed by atoms with Gasteiger partial charge < -0.3 is 4.42 Å². The molecule has 0 aliphatic carbocycles. The number of furan rings is 1. The maximum Gasteiger partial charge on any atom is 0.136 e. The Bertz CT molecular complexity index is 3470. The maximum atomic E-state index is 6.45. The minimum absolute atomic E-state index is 0.904. The summed E-state index contributed by atoms with van der Waals surface area (Å²) in [6.07, 6.45) is 0. The number of benzene rings is 10. The molecule has 0 unspecified atom stereocenters. The number of fused-ring (bicyclic) bond motifs is 9. The fourth-order valence-corrected chi connectivity index (χ4v) is 10.4. The molecular weight excluding hydrogens is 697 g/mol. The topological polar surface area (TPSA) is 13.1 Å². The Balaban J connectivity index is 1.27. The predicted molar refractivity (Wildman–Crippen MR) is 241 cm³/mol. The summed E-state index contributed by atoms with van der Waals surface area (Å²) in [5, 5.41) is 12.3. The summed E-state index contributed by atoms with van der Waals surface area (Å²) in [5.74, 6) is 0. The van der Waals surface area contributed by atoms with E-state index >= 15 is 0 Å². The molecule has 0 saturated heterocycles. The van der Waals surface area contributed by atoms with E-state index in [2.05, 4.69) is 188 Å². The standard InChI is InChI=1S/C54H32OS/c1-2-14-33(15-3-1)35-29-28-34-30-31-41(38-22-13-27-49-52(38)43-21-9-11-26-48(43)56-49)54(45(34)32-35)53-39-18-6-4-16-36(39)50(37-17-5-7-19-40(37)53)44-23-12-25-47-51(44)42-20-8-10-24-46(42)55-47/h1-32H. The second-order valence-electron chi connectivity index (χ2n) is 14.7. The van der Waals surface area contributed by atoms with Crippen LogP contribution in [0.4, 0.5) is 0 Å². The first kappa shape index (κ1) is 31.4. The molecule has 260 valence electrons. The van der Waals surface area contributed by atoms with Gasteiger partial charge in [0.25, 0.3) is 0 Å². The first-order chi connectivity index (χ1) is 27.8. The van der Waals surface area contributed by atoms with E-state index in [1.54, 1.807) is 0 Å². The quantitative estimate of drug-likeness (QED) is 0.165. The Hall–Kier alpha value is -7.00. The summed E-state index contributed by atoms with van der Waals surface area (Å²) in [6.45, 7) is 0. The highest BCUT2D eigenvalue weighted by Gasteiger charge is 2.24. The van der Waals surface area contributed by atoms with E-state index in [4.69, 9.17) is 4.42 Å². The molecule has 0 bridgehead atoms. The summed E-state index contributed by atoms with van der Waals surface area (Å²) in [7, 11) is 0. The van der Waals surface area contributed by atoms with Gasteiger partial charge in [-0.1, -0.05) is 164 Å². The molecule has 0 radical (unpaired) electrons. The van der Waals surface area contributed by atoms with Gasteiger partial charge >= 0.3 is 0 Å². The van der Waals surface area contributed by atoms with Crippen LogP contribution in [0.1, 0.15) is 0 Å². The van der Waals surface area contributed by atoms with E-state index in [-0.39, 0.29) is 0 Å². The first-order valence-corrected chi connectivity index (χ1v) is 20.0. The molecule has 2 aromatic heterocycles. The van der Waals surface area contributed by atoms with Crippen LogP contribution in [0, 0.1) is 0 Å². The van der Waals surface area contributed by atoms with Gasteiger partial charge in [0.15, 0.2) is 0 Å². The summed E-state index contributed by atoms with van der Waals surface area (Å²) >= 11 is 1.87. The molecule has 10 aromatic carbocycles.